The van der Waals surface area contributed by atoms with Gasteiger partial charge in [0.2, 0.25) is 0 Å². The van der Waals surface area contributed by atoms with Gasteiger partial charge >= 0.3 is 0 Å². The van der Waals surface area contributed by atoms with Crippen LogP contribution in [0.15, 0.2) is 0 Å². The smallest absolute Gasteiger partial charge is 0.0194 e. The number of rotatable bonds is 0. The van der Waals surface area contributed by atoms with E-state index in [1.54, 1.807) is 32.1 Å². The van der Waals surface area contributed by atoms with Crippen LogP contribution in [-0.2, 0) is 0 Å². The third-order valence-electron chi connectivity index (χ3n) is 7.02. The average Bonchev–Trinajstić information content (AvgIpc) is 2.24. The fourth-order valence-electron chi connectivity index (χ4n) is 6.91. The predicted octanol–water partition coefficient (Wildman–Crippen LogP) is 3.38. The molecule has 0 heterocycles. The Morgan fingerprint density at radius 2 is 1.33 bits per heavy atom. The summed E-state index contributed by atoms with van der Waals surface area (Å²) >= 11 is 5.23. The monoisotopic (exact) mass is 220 g/mol. The second-order valence-corrected chi connectivity index (χ2v) is 8.14. The van der Waals surface area contributed by atoms with Crippen molar-refractivity contribution in [3.63, 3.8) is 0 Å². The Labute approximate surface area is 97.6 Å². The molecular weight excluding hydrogens is 200 g/mol. The van der Waals surface area contributed by atoms with Crippen LogP contribution in [0.4, 0.5) is 0 Å². The third kappa shape index (κ3) is 0.769. The second-order valence-electron chi connectivity index (χ2n) is 7.31. The van der Waals surface area contributed by atoms with E-state index in [2.05, 4.69) is 0 Å². The largest absolute Gasteiger partial charge is 0.172 e. The van der Waals surface area contributed by atoms with E-state index in [0.717, 1.165) is 41.4 Å². The van der Waals surface area contributed by atoms with Gasteiger partial charge in [0.05, 0.1) is 0 Å². The molecule has 1 heteroatoms. The van der Waals surface area contributed by atoms with E-state index in [-0.39, 0.29) is 0 Å². The molecule has 6 unspecified atom stereocenters. The van der Waals surface area contributed by atoms with Crippen molar-refractivity contribution in [3.8, 4) is 0 Å². The van der Waals surface area contributed by atoms with E-state index in [1.807, 2.05) is 0 Å². The first-order valence-corrected chi connectivity index (χ1v) is 7.43. The summed E-state index contributed by atoms with van der Waals surface area (Å²) in [5, 5.41) is 0. The fraction of sp³-hybridized carbons (Fsp3) is 1.00. The quantitative estimate of drug-likeness (QED) is 0.595. The van der Waals surface area contributed by atoms with E-state index < -0.39 is 0 Å². The summed E-state index contributed by atoms with van der Waals surface area (Å²) in [5.74, 6) is 7.67. The lowest BCUT2D eigenvalue weighted by Gasteiger charge is -2.73. The molecule has 15 heavy (non-hydrogen) atoms. The van der Waals surface area contributed by atoms with Crippen LogP contribution < -0.4 is 0 Å². The molecule has 7 aliphatic carbocycles. The van der Waals surface area contributed by atoms with Crippen molar-refractivity contribution >= 4 is 12.6 Å². The molecule has 0 nitrogen and oxygen atoms in total. The Balaban J connectivity index is 1.73. The molecule has 7 rings (SSSR count). The van der Waals surface area contributed by atoms with Gasteiger partial charge in [0, 0.05) is 4.75 Å². The van der Waals surface area contributed by atoms with Crippen molar-refractivity contribution < 1.29 is 0 Å². The van der Waals surface area contributed by atoms with Crippen LogP contribution in [0.3, 0.4) is 0 Å². The molecule has 82 valence electrons. The molecular formula is C14H20S. The summed E-state index contributed by atoms with van der Waals surface area (Å²) < 4.78 is 0.518. The lowest BCUT2D eigenvalue weighted by atomic mass is 9.35. The van der Waals surface area contributed by atoms with Crippen molar-refractivity contribution in [1.82, 2.24) is 0 Å². The van der Waals surface area contributed by atoms with Gasteiger partial charge in [-0.15, -0.1) is 0 Å². The maximum atomic E-state index is 5.23. The zero-order valence-corrected chi connectivity index (χ0v) is 10.1. The molecule has 0 aromatic heterocycles. The molecule has 0 radical (unpaired) electrons. The average molecular weight is 220 g/mol. The van der Waals surface area contributed by atoms with Gasteiger partial charge in [-0.1, -0.05) is 0 Å². The van der Waals surface area contributed by atoms with Gasteiger partial charge in [0.1, 0.15) is 0 Å². The highest BCUT2D eigenvalue weighted by Crippen LogP contribution is 2.74. The topological polar surface area (TPSA) is 0 Å². The van der Waals surface area contributed by atoms with Gasteiger partial charge in [-0.3, -0.25) is 0 Å². The molecule has 0 aliphatic heterocycles. The number of thiol groups is 1. The Morgan fingerprint density at radius 3 is 2.00 bits per heavy atom. The fourth-order valence-corrected chi connectivity index (χ4v) is 7.76. The Morgan fingerprint density at radius 1 is 0.733 bits per heavy atom. The highest BCUT2D eigenvalue weighted by Gasteiger charge is 2.68. The molecule has 0 amide bonds. The van der Waals surface area contributed by atoms with Crippen molar-refractivity contribution in [2.24, 2.45) is 41.4 Å². The highest BCUT2D eigenvalue weighted by atomic mass is 32.1. The summed E-state index contributed by atoms with van der Waals surface area (Å²) in [6, 6.07) is 0. The summed E-state index contributed by atoms with van der Waals surface area (Å²) in [5.41, 5.74) is 0. The van der Waals surface area contributed by atoms with E-state index in [0.29, 0.717) is 4.75 Å². The normalized spacial score (nSPS) is 73.0. The van der Waals surface area contributed by atoms with Crippen LogP contribution in [0.1, 0.15) is 38.5 Å². The predicted molar refractivity (Wildman–Crippen MR) is 63.8 cm³/mol. The third-order valence-corrected chi connectivity index (χ3v) is 7.87. The highest BCUT2D eigenvalue weighted by molar-refractivity contribution is 7.81. The van der Waals surface area contributed by atoms with E-state index in [4.69, 9.17) is 12.6 Å². The Hall–Kier alpha value is 0.350. The summed E-state index contributed by atoms with van der Waals surface area (Å²) in [6.07, 6.45) is 9.39. The number of hydrogen-bond acceptors (Lipinski definition) is 1. The maximum absolute atomic E-state index is 5.23. The molecule has 7 fully saturated rings. The van der Waals surface area contributed by atoms with Gasteiger partial charge in [-0.25, -0.2) is 0 Å². The van der Waals surface area contributed by atoms with Crippen LogP contribution >= 0.6 is 12.6 Å². The van der Waals surface area contributed by atoms with Gasteiger partial charge in [0.15, 0.2) is 0 Å². The van der Waals surface area contributed by atoms with Crippen LogP contribution in [0.5, 0.6) is 0 Å². The number of hydrogen-bond donors (Lipinski definition) is 1. The summed E-state index contributed by atoms with van der Waals surface area (Å²) in [4.78, 5) is 0. The summed E-state index contributed by atoms with van der Waals surface area (Å²) in [7, 11) is 0. The van der Waals surface area contributed by atoms with Gasteiger partial charge in [-0.05, 0) is 80.0 Å². The van der Waals surface area contributed by atoms with E-state index >= 15 is 0 Å². The first-order valence-electron chi connectivity index (χ1n) is 6.98. The lowest BCUT2D eigenvalue weighted by molar-refractivity contribution is -0.186. The van der Waals surface area contributed by atoms with Crippen LogP contribution in [0, 0.1) is 41.4 Å². The van der Waals surface area contributed by atoms with Crippen molar-refractivity contribution in [1.29, 1.82) is 0 Å². The molecule has 0 aromatic rings. The lowest BCUT2D eigenvalue weighted by Crippen LogP contribution is -2.69. The van der Waals surface area contributed by atoms with Crippen molar-refractivity contribution in [2.45, 2.75) is 43.3 Å². The van der Waals surface area contributed by atoms with Crippen molar-refractivity contribution in [3.05, 3.63) is 0 Å². The minimum Gasteiger partial charge on any atom is -0.172 e. The molecule has 8 atom stereocenters. The second kappa shape index (κ2) is 2.30. The molecule has 0 N–H and O–H groups in total. The van der Waals surface area contributed by atoms with E-state index in [1.165, 1.54) is 6.42 Å². The van der Waals surface area contributed by atoms with Gasteiger partial charge < -0.3 is 0 Å². The maximum Gasteiger partial charge on any atom is 0.0194 e. The standard InChI is InChI=1S/C14H20S/c15-14-6-8-2-10-9-1-7(4-12(10)14)5-13(14)11(9)3-8/h7-13,15H,1-6H2/t7?,8?,9?,10-,11+,12?,13?,14?. The minimum atomic E-state index is 0.518. The molecule has 8 bridgehead atoms. The Kier molecular flexibility index (Phi) is 1.29. The van der Waals surface area contributed by atoms with Crippen molar-refractivity contribution in [2.75, 3.05) is 0 Å². The molecule has 0 spiro atoms. The molecule has 7 aliphatic rings. The van der Waals surface area contributed by atoms with E-state index in [9.17, 15) is 0 Å². The first-order chi connectivity index (χ1) is 7.25. The minimum absolute atomic E-state index is 0.518. The zero-order chi connectivity index (χ0) is 9.78. The zero-order valence-electron chi connectivity index (χ0n) is 9.23. The van der Waals surface area contributed by atoms with Gasteiger partial charge in [-0.2, -0.15) is 12.6 Å². The SMILES string of the molecule is SC12CC3C[C@@H]4C5CC(CC41)CC2[C@H]5C3. The van der Waals surface area contributed by atoms with Crippen LogP contribution in [0.2, 0.25) is 0 Å². The van der Waals surface area contributed by atoms with Crippen LogP contribution in [0.25, 0.3) is 0 Å². The summed E-state index contributed by atoms with van der Waals surface area (Å²) in [6.45, 7) is 0. The first kappa shape index (κ1) is 8.44. The molecule has 7 saturated carbocycles. The molecule has 0 aromatic carbocycles. The van der Waals surface area contributed by atoms with Gasteiger partial charge in [0.25, 0.3) is 0 Å². The van der Waals surface area contributed by atoms with Crippen LogP contribution in [-0.4, -0.2) is 4.75 Å². The Bertz CT molecular complexity index is 312. The molecule has 0 saturated heterocycles.